The Labute approximate surface area is 125 Å². The minimum atomic E-state index is 0.365. The molecule has 0 spiro atoms. The monoisotopic (exact) mass is 282 g/mol. The summed E-state index contributed by atoms with van der Waals surface area (Å²) in [5.41, 5.74) is 0. The lowest BCUT2D eigenvalue weighted by atomic mass is 9.73. The molecule has 3 nitrogen and oxygen atoms in total. The summed E-state index contributed by atoms with van der Waals surface area (Å²) in [4.78, 5) is 2.69. The van der Waals surface area contributed by atoms with E-state index in [-0.39, 0.29) is 0 Å². The Morgan fingerprint density at radius 1 is 1.10 bits per heavy atom. The third-order valence-corrected chi connectivity index (χ3v) is 4.99. The number of piperidine rings is 1. The lowest BCUT2D eigenvalue weighted by Gasteiger charge is -2.49. The average molecular weight is 282 g/mol. The molecule has 0 amide bonds. The molecule has 2 bridgehead atoms. The molecule has 0 radical (unpaired) electrons. The Morgan fingerprint density at radius 2 is 1.75 bits per heavy atom. The van der Waals surface area contributed by atoms with Gasteiger partial charge in [0.1, 0.15) is 0 Å². The van der Waals surface area contributed by atoms with E-state index in [1.54, 1.807) is 0 Å². The minimum Gasteiger partial charge on any atom is -0.379 e. The van der Waals surface area contributed by atoms with Crippen molar-refractivity contribution in [3.8, 4) is 0 Å². The normalized spacial score (nSPS) is 31.2. The summed E-state index contributed by atoms with van der Waals surface area (Å²) in [5, 5.41) is 3.85. The number of ether oxygens (including phenoxy) is 1. The molecule has 2 aliphatic rings. The van der Waals surface area contributed by atoms with E-state index in [1.165, 1.54) is 32.4 Å². The smallest absolute Gasteiger partial charge is 0.0518 e. The van der Waals surface area contributed by atoms with E-state index in [4.69, 9.17) is 4.74 Å². The van der Waals surface area contributed by atoms with E-state index in [1.807, 2.05) is 0 Å². The fourth-order valence-electron chi connectivity index (χ4n) is 3.89. The maximum atomic E-state index is 5.63. The highest BCUT2D eigenvalue weighted by molar-refractivity contribution is 4.95. The topological polar surface area (TPSA) is 24.5 Å². The van der Waals surface area contributed by atoms with Gasteiger partial charge in [0.2, 0.25) is 0 Å². The van der Waals surface area contributed by atoms with Gasteiger partial charge >= 0.3 is 0 Å². The van der Waals surface area contributed by atoms with Crippen LogP contribution < -0.4 is 5.32 Å². The van der Waals surface area contributed by atoms with Crippen LogP contribution in [0.25, 0.3) is 0 Å². The number of hydrogen-bond acceptors (Lipinski definition) is 3. The molecule has 0 aromatic rings. The fraction of sp³-hybridized carbons (Fsp3) is 1.00. The van der Waals surface area contributed by atoms with Crippen molar-refractivity contribution in [2.24, 2.45) is 11.8 Å². The second kappa shape index (κ2) is 7.77. The number of rotatable bonds is 7. The van der Waals surface area contributed by atoms with Crippen molar-refractivity contribution in [2.75, 3.05) is 26.2 Å². The largest absolute Gasteiger partial charge is 0.379 e. The van der Waals surface area contributed by atoms with Crippen molar-refractivity contribution < 1.29 is 4.74 Å². The fourth-order valence-corrected chi connectivity index (χ4v) is 3.89. The number of nitrogens with zero attached hydrogens (tertiary/aromatic N) is 1. The molecule has 1 heterocycles. The third kappa shape index (κ3) is 4.44. The van der Waals surface area contributed by atoms with E-state index in [2.05, 4.69) is 37.9 Å². The van der Waals surface area contributed by atoms with Crippen molar-refractivity contribution in [2.45, 2.75) is 71.6 Å². The van der Waals surface area contributed by atoms with Gasteiger partial charge in [0.05, 0.1) is 6.10 Å². The second-order valence-corrected chi connectivity index (χ2v) is 7.25. The van der Waals surface area contributed by atoms with Crippen LogP contribution in [0.5, 0.6) is 0 Å². The summed E-state index contributed by atoms with van der Waals surface area (Å²) in [6.07, 6.45) is 5.78. The molecule has 20 heavy (non-hydrogen) atoms. The van der Waals surface area contributed by atoms with Gasteiger partial charge in [0.25, 0.3) is 0 Å². The third-order valence-electron chi connectivity index (χ3n) is 4.99. The van der Waals surface area contributed by atoms with Crippen LogP contribution in [0.3, 0.4) is 0 Å². The molecular weight excluding hydrogens is 248 g/mol. The van der Waals surface area contributed by atoms with Gasteiger partial charge < -0.3 is 15.0 Å². The molecule has 2 unspecified atom stereocenters. The highest BCUT2D eigenvalue weighted by Gasteiger charge is 2.39. The van der Waals surface area contributed by atoms with Crippen molar-refractivity contribution in [3.05, 3.63) is 0 Å². The molecule has 1 aliphatic heterocycles. The molecule has 2 fully saturated rings. The Kier molecular flexibility index (Phi) is 6.31. The number of likely N-dealkylation sites (tertiary alicyclic amines) is 1. The summed E-state index contributed by atoms with van der Waals surface area (Å²) in [7, 11) is 0. The summed E-state index contributed by atoms with van der Waals surface area (Å²) in [6, 6.07) is 1.47. The standard InChI is InChI=1S/C17H34N2O/c1-13(2)19-11-15-7-5-8-16(12-19)17(15)18-9-6-10-20-14(3)4/h13-18H,5-12H2,1-4H3. The zero-order valence-corrected chi connectivity index (χ0v) is 13.9. The minimum absolute atomic E-state index is 0.365. The molecule has 1 saturated heterocycles. The summed E-state index contributed by atoms with van der Waals surface area (Å²) < 4.78 is 5.63. The van der Waals surface area contributed by atoms with Crippen LogP contribution in [0.4, 0.5) is 0 Å². The van der Waals surface area contributed by atoms with Gasteiger partial charge in [-0.1, -0.05) is 6.42 Å². The van der Waals surface area contributed by atoms with Gasteiger partial charge in [0.15, 0.2) is 0 Å². The highest BCUT2D eigenvalue weighted by Crippen LogP contribution is 2.35. The van der Waals surface area contributed by atoms with Crippen molar-refractivity contribution in [3.63, 3.8) is 0 Å². The molecule has 2 atom stereocenters. The summed E-state index contributed by atoms with van der Waals surface area (Å²) in [5.74, 6) is 1.74. The van der Waals surface area contributed by atoms with Crippen LogP contribution in [0, 0.1) is 11.8 Å². The molecule has 1 N–H and O–H groups in total. The van der Waals surface area contributed by atoms with Crippen molar-refractivity contribution in [1.82, 2.24) is 10.2 Å². The van der Waals surface area contributed by atoms with Gasteiger partial charge in [-0.25, -0.2) is 0 Å². The predicted molar refractivity (Wildman–Crippen MR) is 85.0 cm³/mol. The molecule has 0 aromatic carbocycles. The van der Waals surface area contributed by atoms with Crippen molar-refractivity contribution >= 4 is 0 Å². The summed E-state index contributed by atoms with van der Waals surface area (Å²) in [6.45, 7) is 13.5. The first-order valence-corrected chi connectivity index (χ1v) is 8.67. The SMILES string of the molecule is CC(C)OCCCNC1C2CCCC1CN(C(C)C)C2. The lowest BCUT2D eigenvalue weighted by Crippen LogP contribution is -2.58. The van der Waals surface area contributed by atoms with Gasteiger partial charge in [0, 0.05) is 31.8 Å². The quantitative estimate of drug-likeness (QED) is 0.727. The maximum Gasteiger partial charge on any atom is 0.0518 e. The van der Waals surface area contributed by atoms with Crippen LogP contribution in [-0.2, 0) is 4.74 Å². The van der Waals surface area contributed by atoms with E-state index in [0.29, 0.717) is 12.1 Å². The molecule has 3 heteroatoms. The zero-order chi connectivity index (χ0) is 14.5. The van der Waals surface area contributed by atoms with E-state index in [0.717, 1.165) is 37.5 Å². The Balaban J connectivity index is 1.74. The Morgan fingerprint density at radius 3 is 2.30 bits per heavy atom. The van der Waals surface area contributed by atoms with Crippen LogP contribution in [0.1, 0.15) is 53.4 Å². The molecule has 118 valence electrons. The number of nitrogens with one attached hydrogen (secondary N) is 1. The first-order chi connectivity index (χ1) is 9.58. The number of hydrogen-bond donors (Lipinski definition) is 1. The molecule has 2 rings (SSSR count). The molecule has 1 saturated carbocycles. The van der Waals surface area contributed by atoms with Crippen molar-refractivity contribution in [1.29, 1.82) is 0 Å². The molecular formula is C17H34N2O. The summed E-state index contributed by atoms with van der Waals surface area (Å²) >= 11 is 0. The van der Waals surface area contributed by atoms with E-state index in [9.17, 15) is 0 Å². The van der Waals surface area contributed by atoms with E-state index >= 15 is 0 Å². The molecule has 0 aromatic heterocycles. The first-order valence-electron chi connectivity index (χ1n) is 8.67. The van der Waals surface area contributed by atoms with Crippen LogP contribution in [-0.4, -0.2) is 49.3 Å². The zero-order valence-electron chi connectivity index (χ0n) is 13.9. The number of fused-ring (bicyclic) bond motifs is 2. The van der Waals surface area contributed by atoms with Gasteiger partial charge in [-0.05, 0) is 65.3 Å². The van der Waals surface area contributed by atoms with E-state index < -0.39 is 0 Å². The Hall–Kier alpha value is -0.120. The lowest BCUT2D eigenvalue weighted by molar-refractivity contribution is 0.0272. The van der Waals surface area contributed by atoms with Gasteiger partial charge in [-0.15, -0.1) is 0 Å². The van der Waals surface area contributed by atoms with Crippen LogP contribution >= 0.6 is 0 Å². The van der Waals surface area contributed by atoms with Crippen LogP contribution in [0.2, 0.25) is 0 Å². The van der Waals surface area contributed by atoms with Crippen LogP contribution in [0.15, 0.2) is 0 Å². The predicted octanol–water partition coefficient (Wildman–Crippen LogP) is 2.90. The van der Waals surface area contributed by atoms with Gasteiger partial charge in [-0.2, -0.15) is 0 Å². The Bertz CT molecular complexity index is 266. The first kappa shape index (κ1) is 16.3. The molecule has 1 aliphatic carbocycles. The average Bonchev–Trinajstić information content (AvgIpc) is 2.36. The maximum absolute atomic E-state index is 5.63. The van der Waals surface area contributed by atoms with Gasteiger partial charge in [-0.3, -0.25) is 0 Å². The second-order valence-electron chi connectivity index (χ2n) is 7.25. The highest BCUT2D eigenvalue weighted by atomic mass is 16.5.